The number of carbonyl (C=O) groups excluding carboxylic acids is 1. The highest BCUT2D eigenvalue weighted by atomic mass is 16.1. The number of hydrogen-bond donors (Lipinski definition) is 2. The lowest BCUT2D eigenvalue weighted by Gasteiger charge is -2.32. The van der Waals surface area contributed by atoms with E-state index in [2.05, 4.69) is 22.2 Å². The first-order chi connectivity index (χ1) is 8.61. The van der Waals surface area contributed by atoms with Crippen molar-refractivity contribution in [2.75, 3.05) is 46.3 Å². The fraction of sp³-hybridized carbons (Fsp3) is 0.923. The zero-order chi connectivity index (χ0) is 13.4. The van der Waals surface area contributed by atoms with Gasteiger partial charge in [-0.1, -0.05) is 6.92 Å². The summed E-state index contributed by atoms with van der Waals surface area (Å²) in [6.45, 7) is 8.44. The molecule has 1 amide bonds. The van der Waals surface area contributed by atoms with E-state index < -0.39 is 0 Å². The van der Waals surface area contributed by atoms with Crippen molar-refractivity contribution in [2.45, 2.75) is 32.2 Å². The van der Waals surface area contributed by atoms with Gasteiger partial charge in [-0.05, 0) is 26.4 Å². The van der Waals surface area contributed by atoms with E-state index in [4.69, 9.17) is 5.73 Å². The first-order valence-electron chi connectivity index (χ1n) is 7.05. The van der Waals surface area contributed by atoms with Crippen molar-refractivity contribution < 1.29 is 4.79 Å². The van der Waals surface area contributed by atoms with Crippen molar-refractivity contribution in [3.05, 3.63) is 0 Å². The Morgan fingerprint density at radius 1 is 1.33 bits per heavy atom. The first kappa shape index (κ1) is 15.4. The van der Waals surface area contributed by atoms with Crippen LogP contribution in [0, 0.1) is 0 Å². The predicted octanol–water partition coefficient (Wildman–Crippen LogP) is -0.132. The van der Waals surface area contributed by atoms with Gasteiger partial charge < -0.3 is 20.9 Å². The van der Waals surface area contributed by atoms with Gasteiger partial charge in [-0.2, -0.15) is 0 Å². The smallest absolute Gasteiger partial charge is 0.221 e. The number of nitrogens with one attached hydrogen (secondary N) is 1. The summed E-state index contributed by atoms with van der Waals surface area (Å²) in [6, 6.07) is 0.00244. The zero-order valence-corrected chi connectivity index (χ0v) is 11.8. The van der Waals surface area contributed by atoms with Crippen LogP contribution in [-0.4, -0.2) is 68.1 Å². The summed E-state index contributed by atoms with van der Waals surface area (Å²) in [6.07, 6.45) is 2.33. The molecule has 5 nitrogen and oxygen atoms in total. The molecular formula is C13H28N4O. The van der Waals surface area contributed by atoms with Gasteiger partial charge >= 0.3 is 0 Å². The SMILES string of the molecule is CCC(N)CC(=O)NCCCN1CCN(C)CC1. The van der Waals surface area contributed by atoms with Crippen LogP contribution >= 0.6 is 0 Å². The minimum Gasteiger partial charge on any atom is -0.356 e. The average molecular weight is 256 g/mol. The zero-order valence-electron chi connectivity index (χ0n) is 11.8. The lowest BCUT2D eigenvalue weighted by molar-refractivity contribution is -0.121. The van der Waals surface area contributed by atoms with E-state index in [0.717, 1.165) is 52.1 Å². The summed E-state index contributed by atoms with van der Waals surface area (Å²) < 4.78 is 0. The Labute approximate surface area is 111 Å². The summed E-state index contributed by atoms with van der Waals surface area (Å²) in [4.78, 5) is 16.3. The number of nitrogens with zero attached hydrogens (tertiary/aromatic N) is 2. The van der Waals surface area contributed by atoms with Crippen LogP contribution in [0.15, 0.2) is 0 Å². The monoisotopic (exact) mass is 256 g/mol. The fourth-order valence-electron chi connectivity index (χ4n) is 2.06. The summed E-state index contributed by atoms with van der Waals surface area (Å²) in [5.74, 6) is 0.0859. The molecule has 1 aliphatic rings. The standard InChI is InChI=1S/C13H28N4O/c1-3-12(14)11-13(18)15-5-4-6-17-9-7-16(2)8-10-17/h12H,3-11,14H2,1-2H3,(H,15,18). The third-order valence-electron chi connectivity index (χ3n) is 3.54. The number of amides is 1. The molecule has 0 spiro atoms. The molecule has 18 heavy (non-hydrogen) atoms. The Balaban J connectivity index is 1.99. The van der Waals surface area contributed by atoms with Crippen LogP contribution in [0.3, 0.4) is 0 Å². The second-order valence-corrected chi connectivity index (χ2v) is 5.22. The first-order valence-corrected chi connectivity index (χ1v) is 7.05. The molecule has 0 aliphatic carbocycles. The maximum atomic E-state index is 11.5. The third-order valence-corrected chi connectivity index (χ3v) is 3.54. The number of rotatable bonds is 7. The summed E-state index contributed by atoms with van der Waals surface area (Å²) in [5, 5.41) is 2.94. The Morgan fingerprint density at radius 2 is 2.00 bits per heavy atom. The summed E-state index contributed by atoms with van der Waals surface area (Å²) >= 11 is 0. The molecule has 1 unspecified atom stereocenters. The molecule has 1 atom stereocenters. The van der Waals surface area contributed by atoms with Gasteiger partial charge in [0.15, 0.2) is 0 Å². The molecule has 1 aliphatic heterocycles. The van der Waals surface area contributed by atoms with E-state index >= 15 is 0 Å². The lowest BCUT2D eigenvalue weighted by Crippen LogP contribution is -2.45. The molecule has 3 N–H and O–H groups in total. The number of carbonyl (C=O) groups is 1. The van der Waals surface area contributed by atoms with Gasteiger partial charge in [-0.25, -0.2) is 0 Å². The van der Waals surface area contributed by atoms with Crippen molar-refractivity contribution in [3.63, 3.8) is 0 Å². The number of hydrogen-bond acceptors (Lipinski definition) is 4. The Bertz CT molecular complexity index is 239. The molecule has 5 heteroatoms. The molecule has 0 aromatic carbocycles. The van der Waals surface area contributed by atoms with Gasteiger partial charge in [-0.15, -0.1) is 0 Å². The lowest BCUT2D eigenvalue weighted by atomic mass is 10.1. The van der Waals surface area contributed by atoms with Crippen molar-refractivity contribution in [3.8, 4) is 0 Å². The predicted molar refractivity (Wildman–Crippen MR) is 74.4 cm³/mol. The summed E-state index contributed by atoms with van der Waals surface area (Å²) in [7, 11) is 2.16. The molecule has 1 saturated heterocycles. The van der Waals surface area contributed by atoms with Crippen LogP contribution in [0.4, 0.5) is 0 Å². The molecule has 1 heterocycles. The minimum atomic E-state index is 0.00244. The van der Waals surface area contributed by atoms with Gasteiger partial charge in [-0.3, -0.25) is 4.79 Å². The highest BCUT2D eigenvalue weighted by Crippen LogP contribution is 1.99. The molecule has 1 rings (SSSR count). The third kappa shape index (κ3) is 6.33. The van der Waals surface area contributed by atoms with E-state index in [1.54, 1.807) is 0 Å². The minimum absolute atomic E-state index is 0.00244. The van der Waals surface area contributed by atoms with Gasteiger partial charge in [0.25, 0.3) is 0 Å². The van der Waals surface area contributed by atoms with E-state index in [1.165, 1.54) is 0 Å². The van der Waals surface area contributed by atoms with E-state index in [-0.39, 0.29) is 11.9 Å². The maximum Gasteiger partial charge on any atom is 0.221 e. The Kier molecular flexibility index (Phi) is 7.23. The Hall–Kier alpha value is -0.650. The average Bonchev–Trinajstić information content (AvgIpc) is 2.36. The van der Waals surface area contributed by atoms with Crippen LogP contribution in [-0.2, 0) is 4.79 Å². The molecule has 0 bridgehead atoms. The van der Waals surface area contributed by atoms with Gasteiger partial charge in [0.2, 0.25) is 5.91 Å². The Morgan fingerprint density at radius 3 is 2.61 bits per heavy atom. The van der Waals surface area contributed by atoms with Crippen molar-refractivity contribution >= 4 is 5.91 Å². The van der Waals surface area contributed by atoms with E-state index in [9.17, 15) is 4.79 Å². The topological polar surface area (TPSA) is 61.6 Å². The quantitative estimate of drug-likeness (QED) is 0.623. The van der Waals surface area contributed by atoms with Gasteiger partial charge in [0, 0.05) is 45.2 Å². The van der Waals surface area contributed by atoms with Crippen LogP contribution < -0.4 is 11.1 Å². The second-order valence-electron chi connectivity index (χ2n) is 5.22. The van der Waals surface area contributed by atoms with Crippen LogP contribution in [0.5, 0.6) is 0 Å². The number of nitrogens with two attached hydrogens (primary N) is 1. The molecular weight excluding hydrogens is 228 g/mol. The van der Waals surface area contributed by atoms with Crippen LogP contribution in [0.1, 0.15) is 26.2 Å². The van der Waals surface area contributed by atoms with E-state index in [1.807, 2.05) is 6.92 Å². The molecule has 0 radical (unpaired) electrons. The van der Waals surface area contributed by atoms with Crippen molar-refractivity contribution in [1.82, 2.24) is 15.1 Å². The van der Waals surface area contributed by atoms with Crippen molar-refractivity contribution in [2.24, 2.45) is 5.73 Å². The van der Waals surface area contributed by atoms with Gasteiger partial charge in [0.05, 0.1) is 0 Å². The largest absolute Gasteiger partial charge is 0.356 e. The number of piperazine rings is 1. The molecule has 0 aromatic heterocycles. The highest BCUT2D eigenvalue weighted by Gasteiger charge is 2.13. The summed E-state index contributed by atoms with van der Waals surface area (Å²) in [5.41, 5.74) is 5.73. The fourth-order valence-corrected chi connectivity index (χ4v) is 2.06. The van der Waals surface area contributed by atoms with Crippen LogP contribution in [0.25, 0.3) is 0 Å². The normalized spacial score (nSPS) is 19.7. The van der Waals surface area contributed by atoms with Crippen LogP contribution in [0.2, 0.25) is 0 Å². The number of likely N-dealkylation sites (N-methyl/N-ethyl adjacent to an activating group) is 1. The molecule has 0 aromatic rings. The molecule has 0 saturated carbocycles. The molecule has 106 valence electrons. The van der Waals surface area contributed by atoms with Gasteiger partial charge in [0.1, 0.15) is 0 Å². The van der Waals surface area contributed by atoms with E-state index in [0.29, 0.717) is 6.42 Å². The van der Waals surface area contributed by atoms with Crippen molar-refractivity contribution in [1.29, 1.82) is 0 Å². The second kappa shape index (κ2) is 8.45. The highest BCUT2D eigenvalue weighted by molar-refractivity contribution is 5.76. The maximum absolute atomic E-state index is 11.5. The molecule has 1 fully saturated rings.